The predicted molar refractivity (Wildman–Crippen MR) is 84.3 cm³/mol. The first-order valence-electron chi connectivity index (χ1n) is 7.23. The van der Waals surface area contributed by atoms with Crippen LogP contribution in [-0.2, 0) is 9.53 Å². The molecule has 0 aromatic heterocycles. The van der Waals surface area contributed by atoms with E-state index in [1.807, 2.05) is 0 Å². The largest absolute Gasteiger partial charge is 0.484 e. The summed E-state index contributed by atoms with van der Waals surface area (Å²) in [4.78, 5) is 34.6. The van der Waals surface area contributed by atoms with Gasteiger partial charge in [0.2, 0.25) is 0 Å². The van der Waals surface area contributed by atoms with Crippen LogP contribution in [0.15, 0.2) is 24.3 Å². The maximum absolute atomic E-state index is 11.6. The van der Waals surface area contributed by atoms with Crippen LogP contribution in [0.25, 0.3) is 0 Å². The predicted octanol–water partition coefficient (Wildman–Crippen LogP) is 1.87. The van der Waals surface area contributed by atoms with Gasteiger partial charge in [0, 0.05) is 5.54 Å². The number of carbonyl (C=O) groups excluding carboxylic acids is 3. The van der Waals surface area contributed by atoms with Gasteiger partial charge in [0.05, 0.1) is 12.2 Å². The number of urea groups is 1. The fraction of sp³-hybridized carbons (Fsp3) is 0.438. The minimum atomic E-state index is -0.580. The van der Waals surface area contributed by atoms with Crippen LogP contribution in [0.2, 0.25) is 0 Å². The molecule has 1 aromatic carbocycles. The van der Waals surface area contributed by atoms with Crippen molar-refractivity contribution in [2.75, 3.05) is 13.2 Å². The van der Waals surface area contributed by atoms with Gasteiger partial charge in [-0.15, -0.1) is 0 Å². The molecule has 3 amide bonds. The number of imide groups is 1. The maximum Gasteiger partial charge on any atom is 0.338 e. The Bertz CT molecular complexity index is 561. The number of hydrogen-bond acceptors (Lipinski definition) is 5. The highest BCUT2D eigenvalue weighted by atomic mass is 16.5. The minimum absolute atomic E-state index is 0.299. The Morgan fingerprint density at radius 3 is 2.22 bits per heavy atom. The van der Waals surface area contributed by atoms with Crippen LogP contribution in [0.1, 0.15) is 38.1 Å². The molecular formula is C16H22N2O5. The number of hydrogen-bond donors (Lipinski definition) is 2. The van der Waals surface area contributed by atoms with Gasteiger partial charge in [-0.05, 0) is 52.0 Å². The van der Waals surface area contributed by atoms with E-state index in [1.54, 1.807) is 39.8 Å². The van der Waals surface area contributed by atoms with E-state index >= 15 is 0 Å². The lowest BCUT2D eigenvalue weighted by Crippen LogP contribution is -2.49. The summed E-state index contributed by atoms with van der Waals surface area (Å²) >= 11 is 0. The lowest BCUT2D eigenvalue weighted by Gasteiger charge is -2.20. The molecule has 0 atom stereocenters. The standard InChI is InChI=1S/C16H22N2O5/c1-5-22-14(20)11-6-8-12(9-7-11)23-10-13(19)17-15(21)18-16(2,3)4/h6-9H,5,10H2,1-4H3,(H2,17,18,19,21). The van der Waals surface area contributed by atoms with Crippen LogP contribution in [0.3, 0.4) is 0 Å². The summed E-state index contributed by atoms with van der Waals surface area (Å²) in [5.41, 5.74) is -0.0399. The quantitative estimate of drug-likeness (QED) is 0.807. The zero-order valence-corrected chi connectivity index (χ0v) is 13.8. The van der Waals surface area contributed by atoms with Crippen molar-refractivity contribution in [3.8, 4) is 5.75 Å². The Labute approximate surface area is 135 Å². The van der Waals surface area contributed by atoms with Gasteiger partial charge in [0.15, 0.2) is 6.61 Å². The Morgan fingerprint density at radius 1 is 1.09 bits per heavy atom. The van der Waals surface area contributed by atoms with Gasteiger partial charge in [-0.2, -0.15) is 0 Å². The van der Waals surface area contributed by atoms with Crippen LogP contribution < -0.4 is 15.4 Å². The molecule has 0 spiro atoms. The van der Waals surface area contributed by atoms with E-state index in [0.29, 0.717) is 17.9 Å². The molecule has 0 saturated heterocycles. The Balaban J connectivity index is 2.44. The molecule has 0 radical (unpaired) electrons. The van der Waals surface area contributed by atoms with Crippen molar-refractivity contribution < 1.29 is 23.9 Å². The fourth-order valence-electron chi connectivity index (χ4n) is 1.59. The second-order valence-electron chi connectivity index (χ2n) is 5.79. The molecule has 0 unspecified atom stereocenters. The zero-order chi connectivity index (χ0) is 17.5. The van der Waals surface area contributed by atoms with E-state index in [2.05, 4.69) is 10.6 Å². The first-order valence-corrected chi connectivity index (χ1v) is 7.23. The van der Waals surface area contributed by atoms with Gasteiger partial charge >= 0.3 is 12.0 Å². The number of esters is 1. The average Bonchev–Trinajstić information content (AvgIpc) is 2.43. The number of nitrogens with one attached hydrogen (secondary N) is 2. The molecule has 0 fully saturated rings. The van der Waals surface area contributed by atoms with Gasteiger partial charge in [-0.25, -0.2) is 9.59 Å². The number of benzene rings is 1. The lowest BCUT2D eigenvalue weighted by atomic mass is 10.1. The van der Waals surface area contributed by atoms with E-state index in [1.165, 1.54) is 12.1 Å². The number of amides is 3. The first-order chi connectivity index (χ1) is 10.7. The molecule has 0 heterocycles. The molecule has 7 heteroatoms. The van der Waals surface area contributed by atoms with Crippen molar-refractivity contribution >= 4 is 17.9 Å². The molecule has 2 N–H and O–H groups in total. The summed E-state index contributed by atoms with van der Waals surface area (Å²) in [6.07, 6.45) is 0. The molecule has 1 rings (SSSR count). The average molecular weight is 322 g/mol. The van der Waals surface area contributed by atoms with Crippen molar-refractivity contribution in [1.29, 1.82) is 0 Å². The van der Waals surface area contributed by atoms with Gasteiger partial charge in [0.1, 0.15) is 5.75 Å². The highest BCUT2D eigenvalue weighted by Crippen LogP contribution is 2.12. The monoisotopic (exact) mass is 322 g/mol. The molecule has 0 aliphatic carbocycles. The van der Waals surface area contributed by atoms with Crippen molar-refractivity contribution in [1.82, 2.24) is 10.6 Å². The highest BCUT2D eigenvalue weighted by molar-refractivity contribution is 5.95. The Morgan fingerprint density at radius 2 is 1.70 bits per heavy atom. The number of carbonyl (C=O) groups is 3. The van der Waals surface area contributed by atoms with Gasteiger partial charge in [-0.3, -0.25) is 10.1 Å². The van der Waals surface area contributed by atoms with Gasteiger partial charge in [-0.1, -0.05) is 0 Å². The molecule has 0 saturated carbocycles. The van der Waals surface area contributed by atoms with Crippen molar-refractivity contribution in [3.63, 3.8) is 0 Å². The molecule has 0 aliphatic rings. The summed E-state index contributed by atoms with van der Waals surface area (Å²) in [7, 11) is 0. The van der Waals surface area contributed by atoms with Crippen molar-refractivity contribution in [2.24, 2.45) is 0 Å². The van der Waals surface area contributed by atoms with Crippen LogP contribution in [-0.4, -0.2) is 36.7 Å². The van der Waals surface area contributed by atoms with E-state index in [4.69, 9.17) is 9.47 Å². The van der Waals surface area contributed by atoms with E-state index in [0.717, 1.165) is 0 Å². The highest BCUT2D eigenvalue weighted by Gasteiger charge is 2.16. The normalized spacial score (nSPS) is 10.6. The Hall–Kier alpha value is -2.57. The fourth-order valence-corrected chi connectivity index (χ4v) is 1.59. The third kappa shape index (κ3) is 7.30. The molecule has 0 bridgehead atoms. The van der Waals surface area contributed by atoms with Crippen molar-refractivity contribution in [3.05, 3.63) is 29.8 Å². The van der Waals surface area contributed by atoms with E-state index in [9.17, 15) is 14.4 Å². The van der Waals surface area contributed by atoms with Gasteiger partial charge in [0.25, 0.3) is 5.91 Å². The van der Waals surface area contributed by atoms with E-state index < -0.39 is 23.4 Å². The van der Waals surface area contributed by atoms with Crippen molar-refractivity contribution in [2.45, 2.75) is 33.2 Å². The number of ether oxygens (including phenoxy) is 2. The molecule has 0 aliphatic heterocycles. The topological polar surface area (TPSA) is 93.7 Å². The molecule has 23 heavy (non-hydrogen) atoms. The van der Waals surface area contributed by atoms with Crippen LogP contribution in [0.5, 0.6) is 5.75 Å². The van der Waals surface area contributed by atoms with Gasteiger partial charge < -0.3 is 14.8 Å². The summed E-state index contributed by atoms with van der Waals surface area (Å²) in [5, 5.41) is 4.77. The molecule has 7 nitrogen and oxygen atoms in total. The van der Waals surface area contributed by atoms with Crippen LogP contribution >= 0.6 is 0 Å². The second-order valence-corrected chi connectivity index (χ2v) is 5.79. The summed E-state index contributed by atoms with van der Waals surface area (Å²) in [6, 6.07) is 5.60. The number of rotatable bonds is 5. The third-order valence-corrected chi connectivity index (χ3v) is 2.48. The zero-order valence-electron chi connectivity index (χ0n) is 13.8. The SMILES string of the molecule is CCOC(=O)c1ccc(OCC(=O)NC(=O)NC(C)(C)C)cc1. The maximum atomic E-state index is 11.6. The summed E-state index contributed by atoms with van der Waals surface area (Å²) < 4.78 is 10.1. The Kier molecular flexibility index (Phi) is 6.56. The third-order valence-electron chi connectivity index (χ3n) is 2.48. The first kappa shape index (κ1) is 18.5. The molecule has 1 aromatic rings. The minimum Gasteiger partial charge on any atom is -0.484 e. The van der Waals surface area contributed by atoms with Crippen LogP contribution in [0.4, 0.5) is 4.79 Å². The lowest BCUT2D eigenvalue weighted by molar-refractivity contribution is -0.122. The van der Waals surface area contributed by atoms with Crippen LogP contribution in [0, 0.1) is 0 Å². The molecular weight excluding hydrogens is 300 g/mol. The smallest absolute Gasteiger partial charge is 0.338 e. The summed E-state index contributed by atoms with van der Waals surface area (Å²) in [5.74, 6) is -0.582. The van der Waals surface area contributed by atoms with E-state index in [-0.39, 0.29) is 6.61 Å². The molecule has 126 valence electrons. The summed E-state index contributed by atoms with van der Waals surface area (Å²) in [6.45, 7) is 7.13. The second kappa shape index (κ2) is 8.17.